The highest BCUT2D eigenvalue weighted by atomic mass is 79.9. The maximum atomic E-state index is 5.60. The van der Waals surface area contributed by atoms with Gasteiger partial charge in [0.2, 0.25) is 0 Å². The summed E-state index contributed by atoms with van der Waals surface area (Å²) in [6.07, 6.45) is 3.53. The molecule has 0 saturated carbocycles. The number of furan rings is 1. The van der Waals surface area contributed by atoms with Gasteiger partial charge in [0, 0.05) is 0 Å². The molecule has 18 heavy (non-hydrogen) atoms. The Hall–Kier alpha value is -1.10. The Kier molecular flexibility index (Phi) is 4.58. The zero-order valence-corrected chi connectivity index (χ0v) is 11.9. The van der Waals surface area contributed by atoms with E-state index >= 15 is 0 Å². The van der Waals surface area contributed by atoms with Gasteiger partial charge in [-0.1, -0.05) is 24.3 Å². The summed E-state index contributed by atoms with van der Waals surface area (Å²) in [5.74, 6) is 6.46. The first-order valence-corrected chi connectivity index (χ1v) is 6.75. The van der Waals surface area contributed by atoms with E-state index in [-0.39, 0.29) is 6.04 Å². The number of halogens is 1. The number of benzene rings is 1. The van der Waals surface area contributed by atoms with Crippen LogP contribution in [0.1, 0.15) is 29.3 Å². The molecule has 0 aliphatic carbocycles. The fourth-order valence-corrected chi connectivity index (χ4v) is 2.51. The van der Waals surface area contributed by atoms with E-state index in [1.54, 1.807) is 6.26 Å². The molecule has 1 heterocycles. The Morgan fingerprint density at radius 2 is 2.11 bits per heavy atom. The highest BCUT2D eigenvalue weighted by Crippen LogP contribution is 2.27. The van der Waals surface area contributed by atoms with Crippen LogP contribution in [0.3, 0.4) is 0 Å². The molecular weight excluding hydrogens is 292 g/mol. The summed E-state index contributed by atoms with van der Waals surface area (Å²) in [4.78, 5) is 0. The Balaban J connectivity index is 2.05. The molecule has 1 unspecified atom stereocenters. The predicted octanol–water partition coefficient (Wildman–Crippen LogP) is 3.49. The van der Waals surface area contributed by atoms with Gasteiger partial charge in [0.15, 0.2) is 0 Å². The minimum atomic E-state index is 0.0222. The van der Waals surface area contributed by atoms with Crippen molar-refractivity contribution < 1.29 is 4.42 Å². The second-order valence-electron chi connectivity index (χ2n) is 4.32. The van der Waals surface area contributed by atoms with Crippen LogP contribution in [0, 0.1) is 6.92 Å². The van der Waals surface area contributed by atoms with Crippen LogP contribution < -0.4 is 11.3 Å². The van der Waals surface area contributed by atoms with Crippen molar-refractivity contribution in [1.29, 1.82) is 0 Å². The molecule has 3 nitrogen and oxygen atoms in total. The average Bonchev–Trinajstić information content (AvgIpc) is 2.79. The quantitative estimate of drug-likeness (QED) is 0.656. The first kappa shape index (κ1) is 13.3. The summed E-state index contributed by atoms with van der Waals surface area (Å²) < 4.78 is 6.40. The Morgan fingerprint density at radius 3 is 2.72 bits per heavy atom. The van der Waals surface area contributed by atoms with Crippen LogP contribution in [0.25, 0.3) is 0 Å². The van der Waals surface area contributed by atoms with Gasteiger partial charge >= 0.3 is 0 Å². The average molecular weight is 309 g/mol. The Bertz CT molecular complexity index is 510. The van der Waals surface area contributed by atoms with Gasteiger partial charge in [-0.05, 0) is 52.9 Å². The minimum absolute atomic E-state index is 0.0222. The van der Waals surface area contributed by atoms with Crippen LogP contribution in [-0.2, 0) is 6.42 Å². The molecule has 0 saturated heterocycles. The molecule has 1 atom stereocenters. The third-order valence-corrected chi connectivity index (χ3v) is 3.78. The van der Waals surface area contributed by atoms with Crippen molar-refractivity contribution in [2.75, 3.05) is 0 Å². The molecule has 1 aromatic heterocycles. The van der Waals surface area contributed by atoms with E-state index in [0.717, 1.165) is 23.1 Å². The number of aryl methyl sites for hydroxylation is 2. The molecule has 96 valence electrons. The second kappa shape index (κ2) is 6.18. The highest BCUT2D eigenvalue weighted by Gasteiger charge is 2.16. The van der Waals surface area contributed by atoms with Gasteiger partial charge < -0.3 is 4.42 Å². The van der Waals surface area contributed by atoms with Crippen molar-refractivity contribution >= 4 is 15.9 Å². The molecule has 1 aromatic carbocycles. The molecular formula is C14H17BrN2O. The van der Waals surface area contributed by atoms with Gasteiger partial charge in [-0.2, -0.15) is 0 Å². The highest BCUT2D eigenvalue weighted by molar-refractivity contribution is 9.10. The SMILES string of the molecule is Cc1ccccc1CCC(NN)c1occc1Br. The Morgan fingerprint density at radius 1 is 1.33 bits per heavy atom. The van der Waals surface area contributed by atoms with Crippen LogP contribution in [0.15, 0.2) is 45.5 Å². The summed E-state index contributed by atoms with van der Waals surface area (Å²) in [5.41, 5.74) is 5.47. The molecule has 0 amide bonds. The maximum absolute atomic E-state index is 5.60. The summed E-state index contributed by atoms with van der Waals surface area (Å²) in [5, 5.41) is 0. The van der Waals surface area contributed by atoms with Crippen LogP contribution in [0.5, 0.6) is 0 Å². The number of hydrogen-bond acceptors (Lipinski definition) is 3. The van der Waals surface area contributed by atoms with Gasteiger partial charge in [0.1, 0.15) is 5.76 Å². The fourth-order valence-electron chi connectivity index (χ4n) is 2.03. The lowest BCUT2D eigenvalue weighted by Crippen LogP contribution is -2.28. The molecule has 0 radical (unpaired) electrons. The van der Waals surface area contributed by atoms with Gasteiger partial charge in [-0.25, -0.2) is 5.43 Å². The number of hydrogen-bond donors (Lipinski definition) is 2. The van der Waals surface area contributed by atoms with Crippen LogP contribution in [-0.4, -0.2) is 0 Å². The van der Waals surface area contributed by atoms with Crippen molar-refractivity contribution in [3.8, 4) is 0 Å². The van der Waals surface area contributed by atoms with E-state index in [1.807, 2.05) is 6.07 Å². The Labute approximate surface area is 115 Å². The predicted molar refractivity (Wildman–Crippen MR) is 76.0 cm³/mol. The number of nitrogens with two attached hydrogens (primary N) is 1. The van der Waals surface area contributed by atoms with Gasteiger partial charge in [0.05, 0.1) is 16.8 Å². The molecule has 0 fully saturated rings. The molecule has 0 aliphatic heterocycles. The number of rotatable bonds is 5. The lowest BCUT2D eigenvalue weighted by molar-refractivity contribution is 0.398. The topological polar surface area (TPSA) is 51.2 Å². The van der Waals surface area contributed by atoms with Gasteiger partial charge in [-0.15, -0.1) is 0 Å². The molecule has 2 rings (SSSR count). The summed E-state index contributed by atoms with van der Waals surface area (Å²) in [6.45, 7) is 2.13. The van der Waals surface area contributed by atoms with E-state index < -0.39 is 0 Å². The largest absolute Gasteiger partial charge is 0.466 e. The lowest BCUT2D eigenvalue weighted by atomic mass is 10.0. The molecule has 0 spiro atoms. The van der Waals surface area contributed by atoms with E-state index in [1.165, 1.54) is 11.1 Å². The first-order valence-electron chi connectivity index (χ1n) is 5.96. The molecule has 0 bridgehead atoms. The normalized spacial score (nSPS) is 12.6. The molecule has 3 N–H and O–H groups in total. The van der Waals surface area contributed by atoms with Crippen molar-refractivity contribution in [3.05, 3.63) is 58.0 Å². The molecule has 4 heteroatoms. The summed E-state index contributed by atoms with van der Waals surface area (Å²) >= 11 is 3.46. The number of nitrogens with one attached hydrogen (secondary N) is 1. The maximum Gasteiger partial charge on any atom is 0.136 e. The zero-order valence-electron chi connectivity index (χ0n) is 10.3. The summed E-state index contributed by atoms with van der Waals surface area (Å²) in [7, 11) is 0. The van der Waals surface area contributed by atoms with Crippen LogP contribution in [0.2, 0.25) is 0 Å². The first-order chi connectivity index (χ1) is 8.72. The van der Waals surface area contributed by atoms with Crippen molar-refractivity contribution in [3.63, 3.8) is 0 Å². The molecule has 0 aliphatic rings. The monoisotopic (exact) mass is 308 g/mol. The number of hydrazine groups is 1. The lowest BCUT2D eigenvalue weighted by Gasteiger charge is -2.14. The van der Waals surface area contributed by atoms with Crippen molar-refractivity contribution in [2.24, 2.45) is 5.84 Å². The molecule has 2 aromatic rings. The summed E-state index contributed by atoms with van der Waals surface area (Å²) in [6, 6.07) is 10.3. The van der Waals surface area contributed by atoms with Crippen LogP contribution >= 0.6 is 15.9 Å². The third kappa shape index (κ3) is 3.02. The van der Waals surface area contributed by atoms with E-state index in [2.05, 4.69) is 52.5 Å². The smallest absolute Gasteiger partial charge is 0.136 e. The van der Waals surface area contributed by atoms with Gasteiger partial charge in [0.25, 0.3) is 0 Å². The van der Waals surface area contributed by atoms with Gasteiger partial charge in [-0.3, -0.25) is 5.84 Å². The van der Waals surface area contributed by atoms with Crippen molar-refractivity contribution in [2.45, 2.75) is 25.8 Å². The standard InChI is InChI=1S/C14H17BrN2O/c1-10-4-2-3-5-11(10)6-7-13(17-16)14-12(15)8-9-18-14/h2-5,8-9,13,17H,6-7,16H2,1H3. The second-order valence-corrected chi connectivity index (χ2v) is 5.17. The van der Waals surface area contributed by atoms with Crippen LogP contribution in [0.4, 0.5) is 0 Å². The third-order valence-electron chi connectivity index (χ3n) is 3.13. The zero-order chi connectivity index (χ0) is 13.0. The fraction of sp³-hybridized carbons (Fsp3) is 0.286. The van der Waals surface area contributed by atoms with Crippen molar-refractivity contribution in [1.82, 2.24) is 5.43 Å². The van der Waals surface area contributed by atoms with E-state index in [0.29, 0.717) is 0 Å². The van der Waals surface area contributed by atoms with E-state index in [4.69, 9.17) is 10.3 Å². The van der Waals surface area contributed by atoms with E-state index in [9.17, 15) is 0 Å². The minimum Gasteiger partial charge on any atom is -0.466 e.